The lowest BCUT2D eigenvalue weighted by Crippen LogP contribution is -2.44. The summed E-state index contributed by atoms with van der Waals surface area (Å²) in [5.74, 6) is 0. The second kappa shape index (κ2) is 10.4. The summed E-state index contributed by atoms with van der Waals surface area (Å²) in [7, 11) is 0. The first kappa shape index (κ1) is 21.3. The van der Waals surface area contributed by atoms with E-state index < -0.39 is 0 Å². The van der Waals surface area contributed by atoms with E-state index in [1.165, 1.54) is 22.5 Å². The van der Waals surface area contributed by atoms with E-state index in [1.807, 2.05) is 0 Å². The molecule has 3 aromatic carbocycles. The van der Waals surface area contributed by atoms with Gasteiger partial charge in [0, 0.05) is 43.8 Å². The molecule has 0 spiro atoms. The Morgan fingerprint density at radius 1 is 0.576 bits per heavy atom. The van der Waals surface area contributed by atoms with E-state index in [1.54, 1.807) is 0 Å². The molecule has 4 nitrogen and oxygen atoms in total. The van der Waals surface area contributed by atoms with E-state index in [4.69, 9.17) is 0 Å². The summed E-state index contributed by atoms with van der Waals surface area (Å²) in [6.07, 6.45) is 4.75. The number of anilines is 2. The third-order valence-electron chi connectivity index (χ3n) is 6.62. The highest BCUT2D eigenvalue weighted by atomic mass is 15.3. The van der Waals surface area contributed by atoms with Crippen molar-refractivity contribution in [2.75, 3.05) is 62.2 Å². The molecule has 168 valence electrons. The van der Waals surface area contributed by atoms with Gasteiger partial charge in [0.1, 0.15) is 0 Å². The largest absolute Gasteiger partial charge is 0.373 e. The molecule has 3 aromatic rings. The van der Waals surface area contributed by atoms with Crippen molar-refractivity contribution in [2.45, 2.75) is 0 Å². The van der Waals surface area contributed by atoms with Crippen molar-refractivity contribution in [3.63, 3.8) is 0 Å². The molecule has 0 bridgehead atoms. The van der Waals surface area contributed by atoms with Gasteiger partial charge in [-0.15, -0.1) is 0 Å². The highest BCUT2D eigenvalue weighted by Gasteiger charge is 2.20. The molecule has 33 heavy (non-hydrogen) atoms. The second-order valence-corrected chi connectivity index (χ2v) is 8.80. The fraction of sp³-hybridized carbons (Fsp3) is 0.276. The Balaban J connectivity index is 1.29. The van der Waals surface area contributed by atoms with Crippen LogP contribution in [0.15, 0.2) is 97.2 Å². The van der Waals surface area contributed by atoms with Crippen LogP contribution in [0.2, 0.25) is 0 Å². The van der Waals surface area contributed by atoms with Crippen molar-refractivity contribution in [1.29, 1.82) is 0 Å². The van der Waals surface area contributed by atoms with Crippen LogP contribution in [0.25, 0.3) is 5.57 Å². The van der Waals surface area contributed by atoms with Crippen LogP contribution in [0, 0.1) is 0 Å². The highest BCUT2D eigenvalue weighted by Crippen LogP contribution is 2.19. The monoisotopic (exact) mass is 437 g/mol. The molecule has 0 amide bonds. The lowest BCUT2D eigenvalue weighted by Gasteiger charge is -2.35. The first-order valence-corrected chi connectivity index (χ1v) is 12.1. The maximum absolute atomic E-state index is 2.49. The molecule has 0 unspecified atom stereocenters. The Bertz CT molecular complexity index is 1060. The zero-order valence-corrected chi connectivity index (χ0v) is 19.3. The minimum absolute atomic E-state index is 1.04. The van der Waals surface area contributed by atoms with Gasteiger partial charge in [0.2, 0.25) is 0 Å². The summed E-state index contributed by atoms with van der Waals surface area (Å²) in [6.45, 7) is 8.39. The lowest BCUT2D eigenvalue weighted by molar-refractivity contribution is -0.524. The normalized spacial score (nSPS) is 17.3. The minimum atomic E-state index is 1.04. The molecule has 5 rings (SSSR count). The van der Waals surface area contributed by atoms with Gasteiger partial charge in [-0.3, -0.25) is 0 Å². The third-order valence-corrected chi connectivity index (χ3v) is 6.62. The number of piperazine rings is 2. The van der Waals surface area contributed by atoms with Gasteiger partial charge < -0.3 is 14.7 Å². The minimum Gasteiger partial charge on any atom is -0.373 e. The summed E-state index contributed by atoms with van der Waals surface area (Å²) in [5.41, 5.74) is 5.24. The van der Waals surface area contributed by atoms with Crippen LogP contribution in [-0.2, 0) is 0 Å². The summed E-state index contributed by atoms with van der Waals surface area (Å²) in [6, 6.07) is 32.3. The Morgan fingerprint density at radius 2 is 1.06 bits per heavy atom. The number of benzene rings is 3. The number of nitrogens with zero attached hydrogens (tertiary/aromatic N) is 4. The fourth-order valence-corrected chi connectivity index (χ4v) is 4.70. The van der Waals surface area contributed by atoms with Crippen LogP contribution < -0.4 is 9.80 Å². The number of hydrogen-bond donors (Lipinski definition) is 0. The molecule has 0 aromatic heterocycles. The molecule has 0 atom stereocenters. The van der Waals surface area contributed by atoms with Crippen molar-refractivity contribution >= 4 is 23.2 Å². The van der Waals surface area contributed by atoms with Gasteiger partial charge in [0.05, 0.1) is 18.7 Å². The standard InChI is InChI=1S/C29H33N4/c1-4-10-26(11-5-1)27(24-30-16-20-32(21-17-30)28-12-6-2-7-13-28)25-31-18-22-33(23-19-31)29-14-8-3-9-15-29/h1-15,24-25H,16-23H2/q+1. The van der Waals surface area contributed by atoms with Gasteiger partial charge in [-0.25, -0.2) is 4.58 Å². The molecule has 0 N–H and O–H groups in total. The molecule has 4 heteroatoms. The van der Waals surface area contributed by atoms with Gasteiger partial charge in [-0.05, 0) is 29.8 Å². The summed E-state index contributed by atoms with van der Waals surface area (Å²) in [4.78, 5) is 7.45. The average Bonchev–Trinajstić information content (AvgIpc) is 2.91. The van der Waals surface area contributed by atoms with Gasteiger partial charge in [0.15, 0.2) is 19.3 Å². The number of allylic oxidation sites excluding steroid dienone is 1. The predicted octanol–water partition coefficient (Wildman–Crippen LogP) is 4.45. The molecule has 2 fully saturated rings. The van der Waals surface area contributed by atoms with Crippen molar-refractivity contribution < 1.29 is 4.58 Å². The molecule has 2 heterocycles. The van der Waals surface area contributed by atoms with Crippen LogP contribution in [0.4, 0.5) is 11.4 Å². The van der Waals surface area contributed by atoms with Gasteiger partial charge >= 0.3 is 0 Å². The Morgan fingerprint density at radius 3 is 1.61 bits per heavy atom. The zero-order chi connectivity index (χ0) is 22.3. The number of rotatable bonds is 5. The SMILES string of the molecule is C(/C(=C/N1CCN(c2ccccc2)CC1)c1ccccc1)=[N+]1CCN(c2ccccc2)CC1. The molecule has 0 radical (unpaired) electrons. The molecule has 2 saturated heterocycles. The van der Waals surface area contributed by atoms with E-state index in [0.717, 1.165) is 52.4 Å². The molecular formula is C29H33N4+. The molecule has 2 aliphatic heterocycles. The number of para-hydroxylation sites is 2. The quantitative estimate of drug-likeness (QED) is 0.547. The number of hydrogen-bond acceptors (Lipinski definition) is 3. The van der Waals surface area contributed by atoms with Crippen LogP contribution in [0.1, 0.15) is 5.56 Å². The van der Waals surface area contributed by atoms with Crippen LogP contribution >= 0.6 is 0 Å². The van der Waals surface area contributed by atoms with E-state index >= 15 is 0 Å². The van der Waals surface area contributed by atoms with E-state index in [9.17, 15) is 0 Å². The smallest absolute Gasteiger partial charge is 0.172 e. The Labute approximate surface area is 197 Å². The zero-order valence-electron chi connectivity index (χ0n) is 19.3. The van der Waals surface area contributed by atoms with Crippen molar-refractivity contribution in [3.8, 4) is 0 Å². The highest BCUT2D eigenvalue weighted by molar-refractivity contribution is 6.07. The average molecular weight is 438 g/mol. The first-order valence-electron chi connectivity index (χ1n) is 12.1. The molecular weight excluding hydrogens is 404 g/mol. The van der Waals surface area contributed by atoms with Gasteiger partial charge in [0.25, 0.3) is 0 Å². The lowest BCUT2D eigenvalue weighted by atomic mass is 10.1. The molecule has 2 aliphatic rings. The van der Waals surface area contributed by atoms with E-state index in [0.29, 0.717) is 0 Å². The predicted molar refractivity (Wildman–Crippen MR) is 139 cm³/mol. The third kappa shape index (κ3) is 5.46. The fourth-order valence-electron chi connectivity index (χ4n) is 4.70. The topological polar surface area (TPSA) is 12.7 Å². The van der Waals surface area contributed by atoms with Crippen molar-refractivity contribution in [3.05, 3.63) is 103 Å². The summed E-state index contributed by atoms with van der Waals surface area (Å²) >= 11 is 0. The van der Waals surface area contributed by atoms with Crippen LogP contribution in [0.5, 0.6) is 0 Å². The maximum Gasteiger partial charge on any atom is 0.172 e. The summed E-state index contributed by atoms with van der Waals surface area (Å²) < 4.78 is 2.48. The molecule has 0 aliphatic carbocycles. The second-order valence-electron chi connectivity index (χ2n) is 8.80. The van der Waals surface area contributed by atoms with Crippen LogP contribution in [0.3, 0.4) is 0 Å². The Hall–Kier alpha value is -3.53. The van der Waals surface area contributed by atoms with Gasteiger partial charge in [-0.2, -0.15) is 0 Å². The van der Waals surface area contributed by atoms with Crippen molar-refractivity contribution in [1.82, 2.24) is 4.90 Å². The molecule has 0 saturated carbocycles. The summed E-state index contributed by atoms with van der Waals surface area (Å²) in [5, 5.41) is 0. The Kier molecular flexibility index (Phi) is 6.71. The van der Waals surface area contributed by atoms with E-state index in [-0.39, 0.29) is 0 Å². The maximum atomic E-state index is 2.49. The van der Waals surface area contributed by atoms with Crippen LogP contribution in [-0.4, -0.2) is 68.0 Å². The van der Waals surface area contributed by atoms with E-state index in [2.05, 4.69) is 123 Å². The van der Waals surface area contributed by atoms with Gasteiger partial charge in [-0.1, -0.05) is 66.7 Å². The van der Waals surface area contributed by atoms with Crippen molar-refractivity contribution in [2.24, 2.45) is 0 Å². The first-order chi connectivity index (χ1) is 16.3.